The number of nitrogens with zero attached hydrogens (tertiary/aromatic N) is 2. The van der Waals surface area contributed by atoms with Crippen LogP contribution in [0, 0.1) is 0 Å². The number of fused-ring (bicyclic) bond motifs is 1. The van der Waals surface area contributed by atoms with Crippen LogP contribution in [0.25, 0.3) is 10.9 Å². The number of ether oxygens (including phenoxy) is 1. The lowest BCUT2D eigenvalue weighted by Gasteiger charge is -2.10. The van der Waals surface area contributed by atoms with Gasteiger partial charge in [0, 0.05) is 24.3 Å². The van der Waals surface area contributed by atoms with Gasteiger partial charge in [-0.05, 0) is 42.9 Å². The molecule has 0 aliphatic carbocycles. The number of pyridine rings is 2. The number of hydrogen-bond acceptors (Lipinski definition) is 4. The van der Waals surface area contributed by atoms with Crippen LogP contribution in [0.4, 0.5) is 0 Å². The van der Waals surface area contributed by atoms with Gasteiger partial charge in [0.15, 0.2) is 0 Å². The highest BCUT2D eigenvalue weighted by atomic mass is 35.5. The standard InChI is InChI=1S/C16H14ClN3O/c1-18-9-11-8-13(17)16(20-10-11)21-15-6-2-5-14-12(15)4-3-7-19-14/h2-8,10,18H,9H2,1H3. The van der Waals surface area contributed by atoms with Crippen LogP contribution >= 0.6 is 11.6 Å². The summed E-state index contributed by atoms with van der Waals surface area (Å²) in [7, 11) is 1.88. The highest BCUT2D eigenvalue weighted by Gasteiger charge is 2.09. The molecule has 0 fully saturated rings. The van der Waals surface area contributed by atoms with Crippen LogP contribution in [0.15, 0.2) is 48.8 Å². The second kappa shape index (κ2) is 6.08. The number of halogens is 1. The molecule has 0 bridgehead atoms. The van der Waals surface area contributed by atoms with Crippen molar-refractivity contribution in [1.29, 1.82) is 0 Å². The molecule has 0 radical (unpaired) electrons. The summed E-state index contributed by atoms with van der Waals surface area (Å²) < 4.78 is 5.85. The summed E-state index contributed by atoms with van der Waals surface area (Å²) >= 11 is 6.24. The van der Waals surface area contributed by atoms with Gasteiger partial charge in [-0.25, -0.2) is 4.98 Å². The van der Waals surface area contributed by atoms with Crippen LogP contribution in [0.2, 0.25) is 5.02 Å². The van der Waals surface area contributed by atoms with Crippen LogP contribution in [-0.2, 0) is 6.54 Å². The van der Waals surface area contributed by atoms with E-state index in [4.69, 9.17) is 16.3 Å². The summed E-state index contributed by atoms with van der Waals surface area (Å²) in [5, 5.41) is 4.47. The molecule has 106 valence electrons. The van der Waals surface area contributed by atoms with Gasteiger partial charge >= 0.3 is 0 Å². The topological polar surface area (TPSA) is 47.0 Å². The van der Waals surface area contributed by atoms with Gasteiger partial charge in [0.2, 0.25) is 5.88 Å². The summed E-state index contributed by atoms with van der Waals surface area (Å²) in [5.41, 5.74) is 1.88. The Balaban J connectivity index is 1.95. The fraction of sp³-hybridized carbons (Fsp3) is 0.125. The average Bonchev–Trinajstić information content (AvgIpc) is 2.51. The van der Waals surface area contributed by atoms with E-state index in [1.54, 1.807) is 12.4 Å². The van der Waals surface area contributed by atoms with Gasteiger partial charge in [-0.1, -0.05) is 17.7 Å². The minimum atomic E-state index is 0.396. The molecule has 2 aromatic heterocycles. The third kappa shape index (κ3) is 2.96. The smallest absolute Gasteiger partial charge is 0.238 e. The Kier molecular flexibility index (Phi) is 3.99. The zero-order valence-corrected chi connectivity index (χ0v) is 12.3. The first-order valence-electron chi connectivity index (χ1n) is 6.58. The van der Waals surface area contributed by atoms with Crippen LogP contribution in [0.5, 0.6) is 11.6 Å². The lowest BCUT2D eigenvalue weighted by molar-refractivity contribution is 0.468. The van der Waals surface area contributed by atoms with Gasteiger partial charge in [0.25, 0.3) is 0 Å². The Hall–Kier alpha value is -2.17. The summed E-state index contributed by atoms with van der Waals surface area (Å²) in [6, 6.07) is 11.4. The van der Waals surface area contributed by atoms with Crippen molar-refractivity contribution in [2.75, 3.05) is 7.05 Å². The molecule has 0 unspecified atom stereocenters. The normalized spacial score (nSPS) is 10.8. The lowest BCUT2D eigenvalue weighted by atomic mass is 10.2. The van der Waals surface area contributed by atoms with Crippen LogP contribution in [-0.4, -0.2) is 17.0 Å². The molecule has 0 atom stereocenters. The third-order valence-corrected chi connectivity index (χ3v) is 3.33. The maximum absolute atomic E-state index is 6.24. The molecule has 1 N–H and O–H groups in total. The molecule has 3 rings (SSSR count). The first-order chi connectivity index (χ1) is 10.3. The van der Waals surface area contributed by atoms with Crippen molar-refractivity contribution in [3.05, 3.63) is 59.4 Å². The molecule has 4 nitrogen and oxygen atoms in total. The predicted octanol–water partition coefficient (Wildman–Crippen LogP) is 3.79. The lowest BCUT2D eigenvalue weighted by Crippen LogP contribution is -2.05. The van der Waals surface area contributed by atoms with E-state index in [1.165, 1.54) is 0 Å². The van der Waals surface area contributed by atoms with E-state index in [-0.39, 0.29) is 0 Å². The van der Waals surface area contributed by atoms with Crippen molar-refractivity contribution in [3.63, 3.8) is 0 Å². The number of nitrogens with one attached hydrogen (secondary N) is 1. The average molecular weight is 300 g/mol. The molecular formula is C16H14ClN3O. The number of hydrogen-bond donors (Lipinski definition) is 1. The van der Waals surface area contributed by atoms with E-state index in [2.05, 4.69) is 15.3 Å². The largest absolute Gasteiger partial charge is 0.437 e. The fourth-order valence-corrected chi connectivity index (χ4v) is 2.34. The van der Waals surface area contributed by atoms with Gasteiger partial charge in [0.1, 0.15) is 10.8 Å². The molecule has 0 saturated carbocycles. The molecule has 0 amide bonds. The van der Waals surface area contributed by atoms with Crippen molar-refractivity contribution < 1.29 is 4.74 Å². The summed E-state index contributed by atoms with van der Waals surface area (Å²) in [6.07, 6.45) is 3.50. The molecule has 0 aliphatic rings. The van der Waals surface area contributed by atoms with Gasteiger partial charge < -0.3 is 10.1 Å². The van der Waals surface area contributed by atoms with E-state index >= 15 is 0 Å². The summed E-state index contributed by atoms with van der Waals surface area (Å²) in [6.45, 7) is 0.713. The molecule has 3 aromatic rings. The number of rotatable bonds is 4. The van der Waals surface area contributed by atoms with Crippen molar-refractivity contribution in [2.24, 2.45) is 0 Å². The highest BCUT2D eigenvalue weighted by Crippen LogP contribution is 2.31. The first-order valence-corrected chi connectivity index (χ1v) is 6.96. The van der Waals surface area contributed by atoms with Crippen molar-refractivity contribution in [3.8, 4) is 11.6 Å². The Morgan fingerprint density at radius 2 is 2.10 bits per heavy atom. The second-order valence-electron chi connectivity index (χ2n) is 4.59. The maximum Gasteiger partial charge on any atom is 0.238 e. The van der Waals surface area contributed by atoms with E-state index in [1.807, 2.05) is 43.4 Å². The zero-order chi connectivity index (χ0) is 14.7. The number of aromatic nitrogens is 2. The quantitative estimate of drug-likeness (QED) is 0.796. The SMILES string of the molecule is CNCc1cnc(Oc2cccc3ncccc23)c(Cl)c1. The molecule has 5 heteroatoms. The van der Waals surface area contributed by atoms with Crippen molar-refractivity contribution in [2.45, 2.75) is 6.54 Å². The molecule has 0 spiro atoms. The molecule has 0 saturated heterocycles. The van der Waals surface area contributed by atoms with E-state index in [0.717, 1.165) is 16.5 Å². The molecular weight excluding hydrogens is 286 g/mol. The Morgan fingerprint density at radius 3 is 2.90 bits per heavy atom. The molecule has 0 aliphatic heterocycles. The summed E-state index contributed by atoms with van der Waals surface area (Å²) in [4.78, 5) is 8.59. The minimum absolute atomic E-state index is 0.396. The maximum atomic E-state index is 6.24. The Labute approximate surface area is 127 Å². The highest BCUT2D eigenvalue weighted by molar-refractivity contribution is 6.31. The van der Waals surface area contributed by atoms with Gasteiger partial charge in [-0.3, -0.25) is 4.98 Å². The predicted molar refractivity (Wildman–Crippen MR) is 83.8 cm³/mol. The molecule has 2 heterocycles. The van der Waals surface area contributed by atoms with Crippen LogP contribution in [0.1, 0.15) is 5.56 Å². The zero-order valence-electron chi connectivity index (χ0n) is 11.5. The first kappa shape index (κ1) is 13.8. The minimum Gasteiger partial charge on any atom is -0.437 e. The van der Waals surface area contributed by atoms with Gasteiger partial charge in [0.05, 0.1) is 5.52 Å². The monoisotopic (exact) mass is 299 g/mol. The van der Waals surface area contributed by atoms with Crippen LogP contribution < -0.4 is 10.1 Å². The van der Waals surface area contributed by atoms with Crippen molar-refractivity contribution >= 4 is 22.5 Å². The van der Waals surface area contributed by atoms with Crippen LogP contribution in [0.3, 0.4) is 0 Å². The van der Waals surface area contributed by atoms with Gasteiger partial charge in [-0.2, -0.15) is 0 Å². The summed E-state index contributed by atoms with van der Waals surface area (Å²) in [5.74, 6) is 1.09. The van der Waals surface area contributed by atoms with Gasteiger partial charge in [-0.15, -0.1) is 0 Å². The molecule has 1 aromatic carbocycles. The Bertz CT molecular complexity index is 771. The fourth-order valence-electron chi connectivity index (χ4n) is 2.11. The van der Waals surface area contributed by atoms with Crippen molar-refractivity contribution in [1.82, 2.24) is 15.3 Å². The number of benzene rings is 1. The van der Waals surface area contributed by atoms with E-state index in [0.29, 0.717) is 23.2 Å². The molecule has 21 heavy (non-hydrogen) atoms. The Morgan fingerprint density at radius 1 is 1.19 bits per heavy atom. The van der Waals surface area contributed by atoms with E-state index < -0.39 is 0 Å². The van der Waals surface area contributed by atoms with E-state index in [9.17, 15) is 0 Å². The second-order valence-corrected chi connectivity index (χ2v) is 5.00. The third-order valence-electron chi connectivity index (χ3n) is 3.06.